The minimum atomic E-state index is 0.360. The highest BCUT2D eigenvalue weighted by atomic mass is 16.7. The molecule has 0 bridgehead atoms. The van der Waals surface area contributed by atoms with E-state index in [1.807, 2.05) is 205 Å². The van der Waals surface area contributed by atoms with Crippen molar-refractivity contribution in [1.29, 1.82) is 0 Å². The van der Waals surface area contributed by atoms with Crippen molar-refractivity contribution < 1.29 is 9.47 Å². The van der Waals surface area contributed by atoms with E-state index in [0.717, 1.165) is 17.0 Å². The smallest absolute Gasteiger partial charge is 0.231 e. The van der Waals surface area contributed by atoms with Gasteiger partial charge in [0.05, 0.1) is 5.52 Å². The zero-order valence-electron chi connectivity index (χ0n) is 42.3. The lowest BCUT2D eigenvalue weighted by atomic mass is 10.1. The average molecular weight is 885 g/mol. The summed E-state index contributed by atoms with van der Waals surface area (Å²) in [5.41, 5.74) is 4.19. The Labute approximate surface area is 400 Å². The van der Waals surface area contributed by atoms with E-state index in [2.05, 4.69) is 107 Å². The Bertz CT molecular complexity index is 1940. The number of rotatable bonds is 0. The maximum atomic E-state index is 5.08. The summed E-state index contributed by atoms with van der Waals surface area (Å²) in [6, 6.07) is 67.4. The second kappa shape index (κ2) is 42.2. The summed E-state index contributed by atoms with van der Waals surface area (Å²) in [6.45, 7) is 24.4. The first kappa shape index (κ1) is 59.2. The molecule has 7 aromatic carbocycles. The third-order valence-corrected chi connectivity index (χ3v) is 8.68. The van der Waals surface area contributed by atoms with E-state index in [1.165, 1.54) is 46.2 Å². The van der Waals surface area contributed by atoms with Crippen LogP contribution in [-0.2, 0) is 12.8 Å². The first-order chi connectivity index (χ1) is 32.8. The number of aryl methyl sites for hydroxylation is 2. The van der Waals surface area contributed by atoms with Crippen LogP contribution in [-0.4, -0.2) is 16.8 Å². The van der Waals surface area contributed by atoms with Gasteiger partial charge in [0, 0.05) is 24.0 Å². The molecule has 2 aliphatic rings. The Hall–Kier alpha value is -6.78. The topological polar surface area (TPSA) is 44.2 Å². The average Bonchev–Trinajstić information content (AvgIpc) is 4.15. The molecule has 1 aliphatic carbocycles. The van der Waals surface area contributed by atoms with Crippen molar-refractivity contribution in [1.82, 2.24) is 9.97 Å². The van der Waals surface area contributed by atoms with Crippen LogP contribution in [0.4, 0.5) is 0 Å². The number of hydrogen-bond donors (Lipinski definition) is 0. The van der Waals surface area contributed by atoms with Crippen LogP contribution in [0, 0.1) is 0 Å². The Morgan fingerprint density at radius 1 is 0.318 bits per heavy atom. The first-order valence-corrected chi connectivity index (χ1v) is 24.3. The molecule has 0 saturated carbocycles. The predicted molar refractivity (Wildman–Crippen MR) is 293 cm³/mol. The van der Waals surface area contributed by atoms with Crippen molar-refractivity contribution in [2.75, 3.05) is 6.79 Å². The van der Waals surface area contributed by atoms with Crippen LogP contribution in [0.25, 0.3) is 32.4 Å². The minimum Gasteiger partial charge on any atom is -0.454 e. The van der Waals surface area contributed by atoms with Crippen LogP contribution in [0.15, 0.2) is 219 Å². The van der Waals surface area contributed by atoms with E-state index in [0.29, 0.717) is 6.79 Å². The molecule has 0 unspecified atom stereocenters. The van der Waals surface area contributed by atoms with Gasteiger partial charge in [-0.2, -0.15) is 0 Å². The second-order valence-electron chi connectivity index (χ2n) is 12.4. The normalized spacial score (nSPS) is 9.82. The number of fused-ring (bicyclic) bond motifs is 5. The molecule has 9 aromatic rings. The van der Waals surface area contributed by atoms with Gasteiger partial charge in [0.15, 0.2) is 11.5 Å². The lowest BCUT2D eigenvalue weighted by Crippen LogP contribution is -1.92. The molecule has 0 spiro atoms. The molecular weight excluding hydrogens is 805 g/mol. The molecule has 0 fully saturated rings. The van der Waals surface area contributed by atoms with Gasteiger partial charge in [-0.25, -0.2) is 0 Å². The molecule has 2 aromatic heterocycles. The van der Waals surface area contributed by atoms with Gasteiger partial charge in [0.25, 0.3) is 0 Å². The van der Waals surface area contributed by atoms with E-state index in [-0.39, 0.29) is 0 Å². The zero-order valence-corrected chi connectivity index (χ0v) is 42.3. The highest BCUT2D eigenvalue weighted by molar-refractivity contribution is 5.82. The molecule has 0 amide bonds. The lowest BCUT2D eigenvalue weighted by molar-refractivity contribution is 0.174. The third-order valence-electron chi connectivity index (χ3n) is 8.68. The van der Waals surface area contributed by atoms with Gasteiger partial charge in [-0.15, -0.1) is 0 Å². The molecule has 4 heteroatoms. The van der Waals surface area contributed by atoms with Crippen molar-refractivity contribution in [3.05, 3.63) is 230 Å². The van der Waals surface area contributed by atoms with E-state index in [9.17, 15) is 0 Å². The van der Waals surface area contributed by atoms with Crippen molar-refractivity contribution in [3.63, 3.8) is 0 Å². The number of para-hydroxylation sites is 3. The summed E-state index contributed by atoms with van der Waals surface area (Å²) in [6.07, 6.45) is 9.45. The Balaban J connectivity index is 0.000000737. The number of pyridine rings is 2. The molecule has 0 saturated heterocycles. The number of ether oxygens (including phenoxy) is 2. The molecule has 0 N–H and O–H groups in total. The van der Waals surface area contributed by atoms with Gasteiger partial charge >= 0.3 is 0 Å². The van der Waals surface area contributed by atoms with Crippen molar-refractivity contribution in [2.45, 2.75) is 102 Å². The molecule has 0 radical (unpaired) electrons. The maximum Gasteiger partial charge on any atom is 0.231 e. The van der Waals surface area contributed by atoms with Gasteiger partial charge in [-0.05, 0) is 82.3 Å². The Morgan fingerprint density at radius 3 is 1.09 bits per heavy atom. The van der Waals surface area contributed by atoms with E-state index >= 15 is 0 Å². The van der Waals surface area contributed by atoms with E-state index in [4.69, 9.17) is 9.47 Å². The lowest BCUT2D eigenvalue weighted by Gasteiger charge is -1.93. The van der Waals surface area contributed by atoms with Gasteiger partial charge < -0.3 is 9.47 Å². The van der Waals surface area contributed by atoms with Crippen LogP contribution in [0.3, 0.4) is 0 Å². The van der Waals surface area contributed by atoms with Crippen LogP contribution >= 0.6 is 0 Å². The summed E-state index contributed by atoms with van der Waals surface area (Å²) in [5, 5.41) is 6.27. The van der Waals surface area contributed by atoms with Crippen LogP contribution in [0.2, 0.25) is 0 Å². The van der Waals surface area contributed by atoms with Gasteiger partial charge in [-0.1, -0.05) is 253 Å². The SMILES string of the molecule is CC.CC.CC.CC.CC.CC.c1ccc2c(c1)CCC2.c1ccc2c(c1)OCO2.c1ccc2ccccc2c1.c1ccc2cnccc2c1.c1ccc2ncccc2c1.c1ccccc1. The van der Waals surface area contributed by atoms with Gasteiger partial charge in [0.1, 0.15) is 0 Å². The molecule has 350 valence electrons. The molecule has 4 nitrogen and oxygen atoms in total. The highest BCUT2D eigenvalue weighted by Crippen LogP contribution is 2.30. The van der Waals surface area contributed by atoms with E-state index < -0.39 is 0 Å². The number of hydrogen-bond acceptors (Lipinski definition) is 4. The molecule has 1 aliphatic heterocycles. The summed E-state index contributed by atoms with van der Waals surface area (Å²) in [5.74, 6) is 1.69. The second-order valence-corrected chi connectivity index (χ2v) is 12.4. The van der Waals surface area contributed by atoms with Crippen molar-refractivity contribution >= 4 is 32.4 Å². The highest BCUT2D eigenvalue weighted by Gasteiger charge is 2.09. The molecule has 3 heterocycles. The van der Waals surface area contributed by atoms with Crippen molar-refractivity contribution in [3.8, 4) is 11.5 Å². The summed E-state index contributed by atoms with van der Waals surface area (Å²) >= 11 is 0. The van der Waals surface area contributed by atoms with Crippen LogP contribution < -0.4 is 9.47 Å². The number of nitrogens with zero attached hydrogens (tertiary/aromatic N) is 2. The van der Waals surface area contributed by atoms with Gasteiger partial charge in [-0.3, -0.25) is 9.97 Å². The number of aromatic nitrogens is 2. The fourth-order valence-electron chi connectivity index (χ4n) is 5.92. The molecular formula is C62H80N2O2. The van der Waals surface area contributed by atoms with Crippen LogP contribution in [0.1, 0.15) is 101 Å². The quantitative estimate of drug-likeness (QED) is 0.152. The molecule has 66 heavy (non-hydrogen) atoms. The van der Waals surface area contributed by atoms with E-state index in [1.54, 1.807) is 11.1 Å². The summed E-state index contributed by atoms with van der Waals surface area (Å²) < 4.78 is 10.2. The standard InChI is InChI=1S/C10H8.2C9H7N.C9H10.C7H6O2.C6H6.6C2H6/c1-2-6-10-8-4-3-7-9(10)5-1;1-2-6-9-8(4-1)5-3-7-10-9;1-2-4-9-7-10-6-5-8(9)3-1;1-2-5-9-7-3-6-8(9)4-1;1-2-4-7-6(3-1)8-5-9-7;1-2-4-6-5-3-1;6*1-2/h1-8H;2*1-7H;1-2,4-5H,3,6-7H2;1-4H,5H2;1-6H;6*1-2H3. The zero-order chi connectivity index (χ0) is 48.9. The fraction of sp³-hybridized carbons (Fsp3) is 0.258. The maximum absolute atomic E-state index is 5.08. The third kappa shape index (κ3) is 23.8. The van der Waals surface area contributed by atoms with Crippen LogP contribution in [0.5, 0.6) is 11.5 Å². The monoisotopic (exact) mass is 885 g/mol. The largest absolute Gasteiger partial charge is 0.454 e. The predicted octanol–water partition coefficient (Wildman–Crippen LogP) is 18.7. The number of benzene rings is 7. The van der Waals surface area contributed by atoms with Gasteiger partial charge in [0.2, 0.25) is 6.79 Å². The Morgan fingerprint density at radius 2 is 0.667 bits per heavy atom. The minimum absolute atomic E-state index is 0.360. The fourth-order valence-corrected chi connectivity index (χ4v) is 5.92. The first-order valence-electron chi connectivity index (χ1n) is 24.3. The Kier molecular flexibility index (Phi) is 37.9. The molecule has 0 atom stereocenters. The summed E-state index contributed by atoms with van der Waals surface area (Å²) in [4.78, 5) is 8.19. The van der Waals surface area contributed by atoms with Crippen molar-refractivity contribution in [2.24, 2.45) is 0 Å². The molecule has 11 rings (SSSR count). The summed E-state index contributed by atoms with van der Waals surface area (Å²) in [7, 11) is 0.